The molecule has 168 valence electrons. The van der Waals surface area contributed by atoms with Crippen molar-refractivity contribution in [3.05, 3.63) is 77.9 Å². The SMILES string of the molecule is COc1cccc(COC(CC(C)N(C)C)c2ccccc2)c1.O=C(O)/C=C\C(=O)O. The maximum atomic E-state index is 9.55. The molecule has 0 aliphatic rings. The molecule has 0 amide bonds. The van der Waals surface area contributed by atoms with Crippen molar-refractivity contribution in [2.75, 3.05) is 21.2 Å². The zero-order valence-corrected chi connectivity index (χ0v) is 18.4. The van der Waals surface area contributed by atoms with E-state index in [1.165, 1.54) is 5.56 Å². The quantitative estimate of drug-likeness (QED) is 0.551. The van der Waals surface area contributed by atoms with E-state index in [0.29, 0.717) is 24.8 Å². The van der Waals surface area contributed by atoms with Crippen molar-refractivity contribution in [3.8, 4) is 5.75 Å². The summed E-state index contributed by atoms with van der Waals surface area (Å²) in [5, 5.41) is 15.6. The summed E-state index contributed by atoms with van der Waals surface area (Å²) in [5.74, 6) is -1.65. The van der Waals surface area contributed by atoms with E-state index in [0.717, 1.165) is 17.7 Å². The molecular formula is C24H31NO6. The summed E-state index contributed by atoms with van der Waals surface area (Å²) in [5.41, 5.74) is 2.35. The highest BCUT2D eigenvalue weighted by molar-refractivity contribution is 5.89. The van der Waals surface area contributed by atoms with E-state index in [9.17, 15) is 9.59 Å². The largest absolute Gasteiger partial charge is 0.497 e. The van der Waals surface area contributed by atoms with Crippen LogP contribution in [-0.4, -0.2) is 54.3 Å². The van der Waals surface area contributed by atoms with Crippen LogP contribution in [0.3, 0.4) is 0 Å². The lowest BCUT2D eigenvalue weighted by Crippen LogP contribution is -2.27. The normalized spacial score (nSPS) is 12.7. The van der Waals surface area contributed by atoms with Crippen molar-refractivity contribution < 1.29 is 29.3 Å². The second kappa shape index (κ2) is 14.0. The number of ether oxygens (including phenoxy) is 2. The Hall–Kier alpha value is -3.16. The minimum Gasteiger partial charge on any atom is -0.497 e. The molecule has 0 fully saturated rings. The molecule has 0 saturated carbocycles. The van der Waals surface area contributed by atoms with Gasteiger partial charge < -0.3 is 24.6 Å². The molecule has 2 atom stereocenters. The molecule has 2 rings (SSSR count). The van der Waals surface area contributed by atoms with Gasteiger partial charge >= 0.3 is 11.9 Å². The lowest BCUT2D eigenvalue weighted by atomic mass is 10.0. The third-order valence-corrected chi connectivity index (χ3v) is 4.56. The molecular weight excluding hydrogens is 398 g/mol. The van der Waals surface area contributed by atoms with E-state index in [2.05, 4.69) is 56.3 Å². The third-order valence-electron chi connectivity index (χ3n) is 4.56. The first-order valence-electron chi connectivity index (χ1n) is 9.82. The van der Waals surface area contributed by atoms with Crippen LogP contribution < -0.4 is 4.74 Å². The molecule has 0 radical (unpaired) electrons. The maximum absolute atomic E-state index is 9.55. The van der Waals surface area contributed by atoms with Gasteiger partial charge in [-0.05, 0) is 50.7 Å². The van der Waals surface area contributed by atoms with Gasteiger partial charge in [0.1, 0.15) is 5.75 Å². The predicted molar refractivity (Wildman–Crippen MR) is 119 cm³/mol. The van der Waals surface area contributed by atoms with Crippen LogP contribution in [0.15, 0.2) is 66.7 Å². The van der Waals surface area contributed by atoms with E-state index in [-0.39, 0.29) is 6.10 Å². The Morgan fingerprint density at radius 1 is 1.00 bits per heavy atom. The molecule has 7 nitrogen and oxygen atoms in total. The van der Waals surface area contributed by atoms with Crippen molar-refractivity contribution in [3.63, 3.8) is 0 Å². The van der Waals surface area contributed by atoms with Crippen molar-refractivity contribution in [1.29, 1.82) is 0 Å². The van der Waals surface area contributed by atoms with Gasteiger partial charge in [-0.25, -0.2) is 9.59 Å². The van der Waals surface area contributed by atoms with Crippen molar-refractivity contribution >= 4 is 11.9 Å². The Kier molecular flexibility index (Phi) is 11.6. The third kappa shape index (κ3) is 11.0. The number of carboxylic acids is 2. The lowest BCUT2D eigenvalue weighted by molar-refractivity contribution is -0.134. The minimum atomic E-state index is -1.26. The highest BCUT2D eigenvalue weighted by Gasteiger charge is 2.17. The van der Waals surface area contributed by atoms with Gasteiger partial charge in [0.15, 0.2) is 0 Å². The monoisotopic (exact) mass is 429 g/mol. The second-order valence-electron chi connectivity index (χ2n) is 7.12. The molecule has 0 aliphatic heterocycles. The van der Waals surface area contributed by atoms with Crippen LogP contribution in [0.5, 0.6) is 5.75 Å². The van der Waals surface area contributed by atoms with Crippen LogP contribution in [0, 0.1) is 0 Å². The molecule has 2 N–H and O–H groups in total. The Morgan fingerprint density at radius 3 is 2.13 bits per heavy atom. The molecule has 31 heavy (non-hydrogen) atoms. The van der Waals surface area contributed by atoms with Gasteiger partial charge in [0.25, 0.3) is 0 Å². The Labute approximate surface area is 183 Å². The van der Waals surface area contributed by atoms with Crippen LogP contribution in [0.1, 0.15) is 30.6 Å². The van der Waals surface area contributed by atoms with Gasteiger partial charge in [-0.15, -0.1) is 0 Å². The number of carbonyl (C=O) groups is 2. The van der Waals surface area contributed by atoms with E-state index >= 15 is 0 Å². The number of hydrogen-bond acceptors (Lipinski definition) is 5. The van der Waals surface area contributed by atoms with E-state index in [1.807, 2.05) is 24.3 Å². The topological polar surface area (TPSA) is 96.3 Å². The van der Waals surface area contributed by atoms with E-state index in [1.54, 1.807) is 7.11 Å². The van der Waals surface area contributed by atoms with Gasteiger partial charge in [-0.3, -0.25) is 0 Å². The molecule has 0 bridgehead atoms. The predicted octanol–water partition coefficient (Wildman–Crippen LogP) is 4.01. The van der Waals surface area contributed by atoms with Crippen LogP contribution in [-0.2, 0) is 20.9 Å². The summed E-state index contributed by atoms with van der Waals surface area (Å²) in [7, 11) is 5.90. The van der Waals surface area contributed by atoms with Gasteiger partial charge in [0.2, 0.25) is 0 Å². The first-order valence-corrected chi connectivity index (χ1v) is 9.82. The Bertz CT molecular complexity index is 819. The number of hydrogen-bond donors (Lipinski definition) is 2. The van der Waals surface area contributed by atoms with Gasteiger partial charge in [0, 0.05) is 18.2 Å². The molecule has 2 aromatic carbocycles. The van der Waals surface area contributed by atoms with Gasteiger partial charge in [-0.1, -0.05) is 42.5 Å². The van der Waals surface area contributed by atoms with E-state index in [4.69, 9.17) is 19.7 Å². The number of rotatable bonds is 10. The fourth-order valence-corrected chi connectivity index (χ4v) is 2.59. The first kappa shape index (κ1) is 25.9. The summed E-state index contributed by atoms with van der Waals surface area (Å²) >= 11 is 0. The molecule has 2 aromatic rings. The summed E-state index contributed by atoms with van der Waals surface area (Å²) in [6.07, 6.45) is 2.16. The fraction of sp³-hybridized carbons (Fsp3) is 0.333. The highest BCUT2D eigenvalue weighted by Crippen LogP contribution is 2.26. The average molecular weight is 430 g/mol. The Balaban J connectivity index is 0.000000512. The van der Waals surface area contributed by atoms with Crippen LogP contribution in [0.25, 0.3) is 0 Å². The van der Waals surface area contributed by atoms with Crippen molar-refractivity contribution in [2.45, 2.75) is 32.1 Å². The van der Waals surface area contributed by atoms with Gasteiger partial charge in [0.05, 0.1) is 19.8 Å². The maximum Gasteiger partial charge on any atom is 0.328 e. The number of benzene rings is 2. The second-order valence-corrected chi connectivity index (χ2v) is 7.12. The van der Waals surface area contributed by atoms with Crippen LogP contribution in [0.2, 0.25) is 0 Å². The lowest BCUT2D eigenvalue weighted by Gasteiger charge is -2.26. The standard InChI is InChI=1S/C20H27NO2.C4H4O4/c1-16(21(2)3)13-20(18-10-6-5-7-11-18)23-15-17-9-8-12-19(14-17)22-4;5-3(6)1-2-4(7)8/h5-12,14,16,20H,13,15H2,1-4H3;1-2H,(H,5,6)(H,7,8)/b;2-1-. The number of aliphatic carboxylic acids is 2. The first-order chi connectivity index (χ1) is 14.7. The molecule has 0 aromatic heterocycles. The number of carboxylic acid groups (broad SMARTS) is 2. The molecule has 0 saturated heterocycles. The average Bonchev–Trinajstić information content (AvgIpc) is 2.76. The zero-order valence-electron chi connectivity index (χ0n) is 18.4. The minimum absolute atomic E-state index is 0.0831. The number of nitrogens with zero attached hydrogens (tertiary/aromatic N) is 1. The summed E-state index contributed by atoms with van der Waals surface area (Å²) in [4.78, 5) is 21.3. The summed E-state index contributed by atoms with van der Waals surface area (Å²) < 4.78 is 11.5. The molecule has 2 unspecified atom stereocenters. The Morgan fingerprint density at radius 2 is 1.61 bits per heavy atom. The van der Waals surface area contributed by atoms with Crippen LogP contribution >= 0.6 is 0 Å². The molecule has 0 aliphatic carbocycles. The van der Waals surface area contributed by atoms with Crippen LogP contribution in [0.4, 0.5) is 0 Å². The van der Waals surface area contributed by atoms with Crippen molar-refractivity contribution in [2.24, 2.45) is 0 Å². The van der Waals surface area contributed by atoms with Gasteiger partial charge in [-0.2, -0.15) is 0 Å². The van der Waals surface area contributed by atoms with E-state index < -0.39 is 11.9 Å². The molecule has 7 heteroatoms. The molecule has 0 spiro atoms. The zero-order chi connectivity index (χ0) is 23.2. The number of methoxy groups -OCH3 is 1. The summed E-state index contributed by atoms with van der Waals surface area (Å²) in [6, 6.07) is 18.9. The molecule has 0 heterocycles. The smallest absolute Gasteiger partial charge is 0.328 e. The highest BCUT2D eigenvalue weighted by atomic mass is 16.5. The summed E-state index contributed by atoms with van der Waals surface area (Å²) in [6.45, 7) is 2.81. The fourth-order valence-electron chi connectivity index (χ4n) is 2.59. The van der Waals surface area contributed by atoms with Crippen molar-refractivity contribution in [1.82, 2.24) is 4.90 Å².